The SMILES string of the molecule is CC[C@]1(C)O[C@@H]1CC/C(C)=C/CC/C(C)=C/C(=O)[O-]. The third kappa shape index (κ3) is 5.60. The average molecular weight is 265 g/mol. The minimum absolute atomic E-state index is 0.119. The highest BCUT2D eigenvalue weighted by Crippen LogP contribution is 2.42. The molecule has 1 saturated heterocycles. The lowest BCUT2D eigenvalue weighted by Crippen LogP contribution is -2.19. The summed E-state index contributed by atoms with van der Waals surface area (Å²) in [6.45, 7) is 8.28. The molecule has 3 nitrogen and oxygen atoms in total. The summed E-state index contributed by atoms with van der Waals surface area (Å²) in [6, 6.07) is 0. The minimum Gasteiger partial charge on any atom is -0.545 e. The van der Waals surface area contributed by atoms with E-state index in [1.807, 2.05) is 6.92 Å². The highest BCUT2D eigenvalue weighted by Gasteiger charge is 2.49. The number of carbonyl (C=O) groups excluding carboxylic acids is 1. The van der Waals surface area contributed by atoms with Gasteiger partial charge in [0.25, 0.3) is 0 Å². The summed E-state index contributed by atoms with van der Waals surface area (Å²) in [7, 11) is 0. The molecule has 0 unspecified atom stereocenters. The van der Waals surface area contributed by atoms with Gasteiger partial charge in [0, 0.05) is 0 Å². The number of hydrogen-bond acceptors (Lipinski definition) is 3. The zero-order chi connectivity index (χ0) is 14.5. The van der Waals surface area contributed by atoms with Crippen LogP contribution in [0.4, 0.5) is 0 Å². The molecule has 0 aromatic carbocycles. The van der Waals surface area contributed by atoms with Gasteiger partial charge in [-0.25, -0.2) is 0 Å². The van der Waals surface area contributed by atoms with Gasteiger partial charge in [-0.05, 0) is 59.0 Å². The first-order chi connectivity index (χ1) is 8.87. The van der Waals surface area contributed by atoms with Crippen molar-refractivity contribution in [2.75, 3.05) is 0 Å². The van der Waals surface area contributed by atoms with Crippen LogP contribution in [0.15, 0.2) is 23.3 Å². The Morgan fingerprint density at radius 2 is 2.00 bits per heavy atom. The van der Waals surface area contributed by atoms with Crippen molar-refractivity contribution >= 4 is 5.97 Å². The lowest BCUT2D eigenvalue weighted by molar-refractivity contribution is -0.297. The molecule has 0 spiro atoms. The second kappa shape index (κ2) is 6.90. The second-order valence-corrected chi connectivity index (χ2v) is 5.71. The summed E-state index contributed by atoms with van der Waals surface area (Å²) in [4.78, 5) is 10.4. The van der Waals surface area contributed by atoms with Crippen LogP contribution in [0, 0.1) is 0 Å². The van der Waals surface area contributed by atoms with Gasteiger partial charge < -0.3 is 14.6 Å². The van der Waals surface area contributed by atoms with Crippen molar-refractivity contribution in [3.63, 3.8) is 0 Å². The first-order valence-corrected chi connectivity index (χ1v) is 7.09. The van der Waals surface area contributed by atoms with Crippen molar-refractivity contribution in [1.82, 2.24) is 0 Å². The average Bonchev–Trinajstić information content (AvgIpc) is 2.98. The molecule has 1 fully saturated rings. The van der Waals surface area contributed by atoms with Crippen LogP contribution >= 0.6 is 0 Å². The third-order valence-electron chi connectivity index (χ3n) is 3.93. The molecule has 0 bridgehead atoms. The Labute approximate surface area is 116 Å². The van der Waals surface area contributed by atoms with Gasteiger partial charge in [-0.1, -0.05) is 24.1 Å². The quantitative estimate of drug-likeness (QED) is 0.385. The van der Waals surface area contributed by atoms with Gasteiger partial charge in [0.2, 0.25) is 0 Å². The van der Waals surface area contributed by atoms with Crippen LogP contribution in [0.2, 0.25) is 0 Å². The fourth-order valence-electron chi connectivity index (χ4n) is 2.25. The number of hydrogen-bond donors (Lipinski definition) is 0. The van der Waals surface area contributed by atoms with E-state index < -0.39 is 5.97 Å². The number of ether oxygens (including phenoxy) is 1. The normalized spacial score (nSPS) is 27.5. The number of rotatable bonds is 8. The number of epoxide rings is 1. The van der Waals surface area contributed by atoms with E-state index in [0.29, 0.717) is 6.10 Å². The predicted octanol–water partition coefficient (Wildman–Crippen LogP) is 2.76. The van der Waals surface area contributed by atoms with Gasteiger partial charge in [0.15, 0.2) is 0 Å². The van der Waals surface area contributed by atoms with Crippen LogP contribution in [-0.4, -0.2) is 17.7 Å². The largest absolute Gasteiger partial charge is 0.545 e. The molecule has 0 aliphatic carbocycles. The van der Waals surface area contributed by atoms with Crippen molar-refractivity contribution in [2.45, 2.75) is 71.5 Å². The summed E-state index contributed by atoms with van der Waals surface area (Å²) in [5.74, 6) is -1.11. The number of carbonyl (C=O) groups is 1. The molecule has 19 heavy (non-hydrogen) atoms. The molecule has 1 rings (SSSR count). The van der Waals surface area contributed by atoms with E-state index >= 15 is 0 Å². The maximum atomic E-state index is 10.4. The molecule has 0 radical (unpaired) electrons. The highest BCUT2D eigenvalue weighted by atomic mass is 16.6. The Morgan fingerprint density at radius 3 is 2.53 bits per heavy atom. The van der Waals surface area contributed by atoms with E-state index in [4.69, 9.17) is 4.74 Å². The van der Waals surface area contributed by atoms with Crippen molar-refractivity contribution in [1.29, 1.82) is 0 Å². The predicted molar refractivity (Wildman–Crippen MR) is 74.6 cm³/mol. The molecule has 1 aliphatic rings. The van der Waals surface area contributed by atoms with Gasteiger partial charge in [0.05, 0.1) is 17.7 Å². The molecule has 2 atom stereocenters. The zero-order valence-corrected chi connectivity index (χ0v) is 12.5. The molecule has 0 aromatic rings. The van der Waals surface area contributed by atoms with Gasteiger partial charge in [-0.2, -0.15) is 0 Å². The number of aliphatic carboxylic acids is 1. The molecular weight excluding hydrogens is 240 g/mol. The lowest BCUT2D eigenvalue weighted by atomic mass is 9.99. The molecule has 108 valence electrons. The highest BCUT2D eigenvalue weighted by molar-refractivity contribution is 5.78. The van der Waals surface area contributed by atoms with Crippen LogP contribution < -0.4 is 5.11 Å². The van der Waals surface area contributed by atoms with E-state index in [0.717, 1.165) is 37.7 Å². The Kier molecular flexibility index (Phi) is 5.80. The van der Waals surface area contributed by atoms with Crippen LogP contribution in [0.25, 0.3) is 0 Å². The Hall–Kier alpha value is -1.09. The molecular formula is C16H25O3-. The molecule has 1 heterocycles. The Balaban J connectivity index is 2.21. The minimum atomic E-state index is -1.11. The van der Waals surface area contributed by atoms with Crippen molar-refractivity contribution < 1.29 is 14.6 Å². The third-order valence-corrected chi connectivity index (χ3v) is 3.93. The molecule has 0 N–H and O–H groups in total. The fraction of sp³-hybridized carbons (Fsp3) is 0.688. The zero-order valence-electron chi connectivity index (χ0n) is 12.5. The van der Waals surface area contributed by atoms with Gasteiger partial charge in [-0.15, -0.1) is 0 Å². The van der Waals surface area contributed by atoms with Crippen LogP contribution in [-0.2, 0) is 9.53 Å². The van der Waals surface area contributed by atoms with E-state index in [9.17, 15) is 9.90 Å². The molecule has 0 saturated carbocycles. The van der Waals surface area contributed by atoms with Crippen LogP contribution in [0.1, 0.15) is 59.8 Å². The summed E-state index contributed by atoms with van der Waals surface area (Å²) in [5, 5.41) is 10.4. The maximum absolute atomic E-state index is 10.4. The molecule has 0 aromatic heterocycles. The number of carboxylic acids is 1. The Morgan fingerprint density at radius 1 is 1.32 bits per heavy atom. The molecule has 1 aliphatic heterocycles. The summed E-state index contributed by atoms with van der Waals surface area (Å²) in [5.41, 5.74) is 2.33. The second-order valence-electron chi connectivity index (χ2n) is 5.71. The standard InChI is InChI=1S/C16H26O3/c1-5-16(4)14(19-16)10-9-12(2)7-6-8-13(3)11-15(17)18/h7,11,14H,5-6,8-10H2,1-4H3,(H,17,18)/p-1/b12-7+,13-11+/t14-,16+/m1/s1. The first-order valence-electron chi connectivity index (χ1n) is 7.09. The number of allylic oxidation sites excluding steroid dienone is 3. The summed E-state index contributed by atoms with van der Waals surface area (Å²) in [6.07, 6.45) is 8.67. The molecule has 3 heteroatoms. The van der Waals surface area contributed by atoms with Crippen LogP contribution in [0.5, 0.6) is 0 Å². The lowest BCUT2D eigenvalue weighted by Gasteiger charge is -2.03. The topological polar surface area (TPSA) is 52.7 Å². The number of carboxylic acid groups (broad SMARTS) is 1. The summed E-state index contributed by atoms with van der Waals surface area (Å²) < 4.78 is 5.68. The smallest absolute Gasteiger partial charge is 0.0918 e. The monoisotopic (exact) mass is 265 g/mol. The first kappa shape index (κ1) is 16.0. The van der Waals surface area contributed by atoms with Crippen LogP contribution in [0.3, 0.4) is 0 Å². The van der Waals surface area contributed by atoms with Crippen molar-refractivity contribution in [3.05, 3.63) is 23.3 Å². The fourth-order valence-corrected chi connectivity index (χ4v) is 2.25. The van der Waals surface area contributed by atoms with Gasteiger partial charge in [-0.3, -0.25) is 0 Å². The van der Waals surface area contributed by atoms with E-state index in [-0.39, 0.29) is 5.60 Å². The van der Waals surface area contributed by atoms with Crippen molar-refractivity contribution in [3.8, 4) is 0 Å². The Bertz CT molecular complexity index is 381. The summed E-state index contributed by atoms with van der Waals surface area (Å²) >= 11 is 0. The van der Waals surface area contributed by atoms with E-state index in [1.165, 1.54) is 11.6 Å². The molecule has 0 amide bonds. The van der Waals surface area contributed by atoms with E-state index in [1.54, 1.807) is 0 Å². The van der Waals surface area contributed by atoms with Gasteiger partial charge >= 0.3 is 0 Å². The van der Waals surface area contributed by atoms with E-state index in [2.05, 4.69) is 26.8 Å². The maximum Gasteiger partial charge on any atom is 0.0918 e. The van der Waals surface area contributed by atoms with Crippen molar-refractivity contribution in [2.24, 2.45) is 0 Å². The van der Waals surface area contributed by atoms with Gasteiger partial charge in [0.1, 0.15) is 0 Å².